The van der Waals surface area contributed by atoms with Crippen LogP contribution in [0.3, 0.4) is 0 Å². The highest BCUT2D eigenvalue weighted by Gasteiger charge is 2.10. The van der Waals surface area contributed by atoms with E-state index in [1.807, 2.05) is 18.2 Å². The molecule has 0 spiro atoms. The number of carbonyl (C=O) groups is 1. The van der Waals surface area contributed by atoms with E-state index in [0.717, 1.165) is 36.9 Å². The number of nitrogens with one attached hydrogen (secondary N) is 1. The third kappa shape index (κ3) is 1.09. The molecule has 2 heteroatoms. The number of benzene rings is 1. The molecule has 1 aromatic carbocycles. The monoisotopic (exact) mass is 161 g/mol. The van der Waals surface area contributed by atoms with Crippen LogP contribution in [0.1, 0.15) is 22.3 Å². The maximum Gasteiger partial charge on any atom is 0.150 e. The zero-order valence-corrected chi connectivity index (χ0v) is 6.84. The van der Waals surface area contributed by atoms with Crippen LogP contribution in [-0.4, -0.2) is 12.8 Å². The Morgan fingerprint density at radius 1 is 1.42 bits per heavy atom. The fourth-order valence-corrected chi connectivity index (χ4v) is 1.65. The van der Waals surface area contributed by atoms with Gasteiger partial charge in [-0.1, -0.05) is 12.1 Å². The number of carbonyl (C=O) groups excluding carboxylic acids is 1. The van der Waals surface area contributed by atoms with Crippen LogP contribution in [0.5, 0.6) is 0 Å². The number of fused-ring (bicyclic) bond motifs is 1. The predicted octanol–water partition coefficient (Wildman–Crippen LogP) is 1.86. The first-order valence-electron chi connectivity index (χ1n) is 4.23. The topological polar surface area (TPSA) is 29.1 Å². The molecule has 2 rings (SSSR count). The first-order valence-corrected chi connectivity index (χ1v) is 4.23. The molecule has 0 radical (unpaired) electrons. The van der Waals surface area contributed by atoms with E-state index in [4.69, 9.17) is 0 Å². The Morgan fingerprint density at radius 3 is 3.17 bits per heavy atom. The van der Waals surface area contributed by atoms with Crippen molar-refractivity contribution in [3.8, 4) is 0 Å². The second kappa shape index (κ2) is 2.97. The second-order valence-electron chi connectivity index (χ2n) is 3.02. The highest BCUT2D eigenvalue weighted by Crippen LogP contribution is 2.23. The largest absolute Gasteiger partial charge is 0.385 e. The van der Waals surface area contributed by atoms with Gasteiger partial charge in [0, 0.05) is 17.8 Å². The van der Waals surface area contributed by atoms with E-state index in [0.29, 0.717) is 0 Å². The molecular weight excluding hydrogens is 150 g/mol. The molecule has 1 aliphatic rings. The average molecular weight is 161 g/mol. The summed E-state index contributed by atoms with van der Waals surface area (Å²) in [6, 6.07) is 5.82. The Balaban J connectivity index is 2.51. The van der Waals surface area contributed by atoms with Gasteiger partial charge in [0.1, 0.15) is 6.29 Å². The second-order valence-corrected chi connectivity index (χ2v) is 3.02. The van der Waals surface area contributed by atoms with Crippen LogP contribution in [-0.2, 0) is 6.42 Å². The first kappa shape index (κ1) is 7.35. The summed E-state index contributed by atoms with van der Waals surface area (Å²) >= 11 is 0. The molecule has 1 N–H and O–H groups in total. The molecule has 2 nitrogen and oxygen atoms in total. The highest BCUT2D eigenvalue weighted by atomic mass is 16.1. The molecule has 0 saturated heterocycles. The standard InChI is InChI=1S/C10H11NO/c12-7-8-3-1-5-10-9(8)4-2-6-11-10/h1,3,5,7,11H,2,4,6H2. The third-order valence-corrected chi connectivity index (χ3v) is 2.26. The summed E-state index contributed by atoms with van der Waals surface area (Å²) in [6.07, 6.45) is 3.08. The molecule has 1 aliphatic heterocycles. The zero-order chi connectivity index (χ0) is 8.39. The molecule has 1 aromatic rings. The van der Waals surface area contributed by atoms with Crippen molar-refractivity contribution in [2.24, 2.45) is 0 Å². The number of hydrogen-bond acceptors (Lipinski definition) is 2. The zero-order valence-electron chi connectivity index (χ0n) is 6.84. The molecule has 12 heavy (non-hydrogen) atoms. The smallest absolute Gasteiger partial charge is 0.150 e. The normalized spacial score (nSPS) is 14.7. The van der Waals surface area contributed by atoms with Gasteiger partial charge in [0.25, 0.3) is 0 Å². The van der Waals surface area contributed by atoms with Gasteiger partial charge in [-0.05, 0) is 24.5 Å². The van der Waals surface area contributed by atoms with Gasteiger partial charge in [0.2, 0.25) is 0 Å². The first-order chi connectivity index (χ1) is 5.92. The summed E-state index contributed by atoms with van der Waals surface area (Å²) in [5, 5.41) is 3.28. The highest BCUT2D eigenvalue weighted by molar-refractivity contribution is 5.81. The number of hydrogen-bond donors (Lipinski definition) is 1. The van der Waals surface area contributed by atoms with E-state index in [2.05, 4.69) is 5.32 Å². The third-order valence-electron chi connectivity index (χ3n) is 2.26. The van der Waals surface area contributed by atoms with Crippen LogP contribution in [0.25, 0.3) is 0 Å². The Bertz CT molecular complexity index is 307. The molecule has 0 atom stereocenters. The van der Waals surface area contributed by atoms with Gasteiger partial charge in [0.15, 0.2) is 0 Å². The lowest BCUT2D eigenvalue weighted by atomic mass is 9.98. The molecule has 62 valence electrons. The van der Waals surface area contributed by atoms with Crippen molar-refractivity contribution in [3.63, 3.8) is 0 Å². The predicted molar refractivity (Wildman–Crippen MR) is 48.6 cm³/mol. The molecule has 0 amide bonds. The molecule has 0 aliphatic carbocycles. The lowest BCUT2D eigenvalue weighted by molar-refractivity contribution is 0.112. The summed E-state index contributed by atoms with van der Waals surface area (Å²) in [5.41, 5.74) is 3.14. The SMILES string of the molecule is O=Cc1cccc2c1CCCN2. The summed E-state index contributed by atoms with van der Waals surface area (Å²) in [5.74, 6) is 0. The van der Waals surface area contributed by atoms with Crippen molar-refractivity contribution in [1.82, 2.24) is 0 Å². The minimum Gasteiger partial charge on any atom is -0.385 e. The van der Waals surface area contributed by atoms with Crippen LogP contribution in [0.15, 0.2) is 18.2 Å². The summed E-state index contributed by atoms with van der Waals surface area (Å²) in [6.45, 7) is 1.02. The van der Waals surface area contributed by atoms with Crippen LogP contribution in [0.2, 0.25) is 0 Å². The van der Waals surface area contributed by atoms with Gasteiger partial charge in [-0.15, -0.1) is 0 Å². The van der Waals surface area contributed by atoms with Crippen molar-refractivity contribution in [1.29, 1.82) is 0 Å². The molecule has 1 heterocycles. The van der Waals surface area contributed by atoms with Gasteiger partial charge in [-0.3, -0.25) is 4.79 Å². The average Bonchev–Trinajstić information content (AvgIpc) is 2.17. The maximum atomic E-state index is 10.7. The van der Waals surface area contributed by atoms with Crippen molar-refractivity contribution in [3.05, 3.63) is 29.3 Å². The van der Waals surface area contributed by atoms with E-state index in [1.54, 1.807) is 0 Å². The van der Waals surface area contributed by atoms with Crippen LogP contribution in [0.4, 0.5) is 5.69 Å². The summed E-state index contributed by atoms with van der Waals surface area (Å²) < 4.78 is 0. The maximum absolute atomic E-state index is 10.7. The van der Waals surface area contributed by atoms with E-state index in [9.17, 15) is 4.79 Å². The lowest BCUT2D eigenvalue weighted by Gasteiger charge is -2.18. The summed E-state index contributed by atoms with van der Waals surface area (Å²) in [4.78, 5) is 10.7. The van der Waals surface area contributed by atoms with E-state index >= 15 is 0 Å². The Hall–Kier alpha value is -1.31. The molecule has 0 aromatic heterocycles. The minimum atomic E-state index is 0.833. The van der Waals surface area contributed by atoms with E-state index in [1.165, 1.54) is 5.56 Å². The van der Waals surface area contributed by atoms with Crippen molar-refractivity contribution in [2.45, 2.75) is 12.8 Å². The lowest BCUT2D eigenvalue weighted by Crippen LogP contribution is -2.13. The van der Waals surface area contributed by atoms with Gasteiger partial charge in [-0.2, -0.15) is 0 Å². The number of rotatable bonds is 1. The van der Waals surface area contributed by atoms with Crippen molar-refractivity contribution >= 4 is 12.0 Å². The number of aldehydes is 1. The Kier molecular flexibility index (Phi) is 1.82. The van der Waals surface area contributed by atoms with Crippen LogP contribution in [0, 0.1) is 0 Å². The number of anilines is 1. The Morgan fingerprint density at radius 2 is 2.33 bits per heavy atom. The van der Waals surface area contributed by atoms with Crippen molar-refractivity contribution in [2.75, 3.05) is 11.9 Å². The van der Waals surface area contributed by atoms with E-state index < -0.39 is 0 Å². The van der Waals surface area contributed by atoms with Gasteiger partial charge in [0.05, 0.1) is 0 Å². The molecule has 0 saturated carbocycles. The summed E-state index contributed by atoms with van der Waals surface area (Å²) in [7, 11) is 0. The van der Waals surface area contributed by atoms with Crippen molar-refractivity contribution < 1.29 is 4.79 Å². The molecular formula is C10H11NO. The van der Waals surface area contributed by atoms with Gasteiger partial charge >= 0.3 is 0 Å². The van der Waals surface area contributed by atoms with Crippen LogP contribution >= 0.6 is 0 Å². The minimum absolute atomic E-state index is 0.833. The van der Waals surface area contributed by atoms with Gasteiger partial charge < -0.3 is 5.32 Å². The quantitative estimate of drug-likeness (QED) is 0.637. The molecule has 0 unspecified atom stereocenters. The van der Waals surface area contributed by atoms with Crippen LogP contribution < -0.4 is 5.32 Å². The molecule has 0 fully saturated rings. The fraction of sp³-hybridized carbons (Fsp3) is 0.300. The molecule has 0 bridgehead atoms. The van der Waals surface area contributed by atoms with Gasteiger partial charge in [-0.25, -0.2) is 0 Å². The Labute approximate surface area is 71.6 Å². The van der Waals surface area contributed by atoms with E-state index in [-0.39, 0.29) is 0 Å². The fourth-order valence-electron chi connectivity index (χ4n) is 1.65.